The lowest BCUT2D eigenvalue weighted by atomic mass is 10.0. The van der Waals surface area contributed by atoms with Crippen molar-refractivity contribution in [1.29, 1.82) is 0 Å². The molecule has 6 N–H and O–H groups in total. The average Bonchev–Trinajstić information content (AvgIpc) is 2.91. The minimum Gasteiger partial charge on any atom is -0.405 e. The van der Waals surface area contributed by atoms with Crippen molar-refractivity contribution in [2.45, 2.75) is 32.0 Å². The van der Waals surface area contributed by atoms with Crippen molar-refractivity contribution in [3.63, 3.8) is 0 Å². The Labute approximate surface area is 227 Å². The van der Waals surface area contributed by atoms with Gasteiger partial charge in [0.15, 0.2) is 0 Å². The highest BCUT2D eigenvalue weighted by Crippen LogP contribution is 2.26. The number of hydrogen-bond donors (Lipinski definition) is 6. The standard InChI is InChI=1S/C27H27F3N4O6/c1-16(35)24(26(38)34-39)33-25(37)19-8-6-17(7-9-19)18-10-12-21(13-11-18)32-23(36)15-31-14-20-4-2-3-5-22(20)40-27(28,29)30/h2-13,16,24,31,35,39H,14-15H2,1H3,(H,32,36)(H,33,37)(H,34,38)/t16-,24+/m1/s1. The lowest BCUT2D eigenvalue weighted by Gasteiger charge is -2.19. The van der Waals surface area contributed by atoms with Crippen LogP contribution in [0.3, 0.4) is 0 Å². The summed E-state index contributed by atoms with van der Waals surface area (Å²) >= 11 is 0. The number of nitrogens with one attached hydrogen (secondary N) is 4. The fourth-order valence-electron chi connectivity index (χ4n) is 3.65. The van der Waals surface area contributed by atoms with Crippen LogP contribution in [-0.4, -0.2) is 53.1 Å². The van der Waals surface area contributed by atoms with Crippen LogP contribution in [0.15, 0.2) is 72.8 Å². The summed E-state index contributed by atoms with van der Waals surface area (Å²) in [5.74, 6) is -2.32. The van der Waals surface area contributed by atoms with E-state index in [0.29, 0.717) is 5.69 Å². The molecule has 0 heterocycles. The summed E-state index contributed by atoms with van der Waals surface area (Å²) in [6, 6.07) is 17.5. The van der Waals surface area contributed by atoms with Crippen molar-refractivity contribution in [2.75, 3.05) is 11.9 Å². The summed E-state index contributed by atoms with van der Waals surface area (Å²) in [5, 5.41) is 26.2. The van der Waals surface area contributed by atoms with E-state index < -0.39 is 36.2 Å². The van der Waals surface area contributed by atoms with Gasteiger partial charge in [-0.05, 0) is 48.4 Å². The van der Waals surface area contributed by atoms with E-state index in [0.717, 1.165) is 11.1 Å². The van der Waals surface area contributed by atoms with Gasteiger partial charge in [0.05, 0.1) is 12.6 Å². The summed E-state index contributed by atoms with van der Waals surface area (Å²) in [7, 11) is 0. The fraction of sp³-hybridized carbons (Fsp3) is 0.222. The van der Waals surface area contributed by atoms with Crippen molar-refractivity contribution in [2.24, 2.45) is 0 Å². The SMILES string of the molecule is C[C@@H](O)[C@H](NC(=O)c1ccc(-c2ccc(NC(=O)CNCc3ccccc3OC(F)(F)F)cc2)cc1)C(=O)NO. The topological polar surface area (TPSA) is 149 Å². The van der Waals surface area contributed by atoms with Crippen molar-refractivity contribution in [3.8, 4) is 16.9 Å². The molecular formula is C27H27F3N4O6. The lowest BCUT2D eigenvalue weighted by Crippen LogP contribution is -2.51. The summed E-state index contributed by atoms with van der Waals surface area (Å²) in [6.45, 7) is 1.13. The number of ether oxygens (including phenoxy) is 1. The number of rotatable bonds is 11. The Morgan fingerprint density at radius 2 is 1.52 bits per heavy atom. The van der Waals surface area contributed by atoms with Crippen LogP contribution in [0.25, 0.3) is 11.1 Å². The minimum absolute atomic E-state index is 0.0130. The van der Waals surface area contributed by atoms with E-state index in [1.165, 1.54) is 42.7 Å². The second-order valence-corrected chi connectivity index (χ2v) is 8.63. The van der Waals surface area contributed by atoms with Crippen LogP contribution in [0.1, 0.15) is 22.8 Å². The van der Waals surface area contributed by atoms with Gasteiger partial charge in [0.2, 0.25) is 5.91 Å². The Bertz CT molecular complexity index is 1320. The van der Waals surface area contributed by atoms with Gasteiger partial charge in [-0.25, -0.2) is 5.48 Å². The van der Waals surface area contributed by atoms with Crippen molar-refractivity contribution in [3.05, 3.63) is 83.9 Å². The molecule has 3 amide bonds. The normalized spacial score (nSPS) is 12.7. The molecule has 3 aromatic carbocycles. The second kappa shape index (κ2) is 13.6. The van der Waals surface area contributed by atoms with Gasteiger partial charge in [-0.3, -0.25) is 19.6 Å². The monoisotopic (exact) mass is 560 g/mol. The third-order valence-corrected chi connectivity index (χ3v) is 5.61. The van der Waals surface area contributed by atoms with Crippen molar-refractivity contribution in [1.82, 2.24) is 16.1 Å². The number of carbonyl (C=O) groups is 3. The maximum atomic E-state index is 12.6. The molecule has 40 heavy (non-hydrogen) atoms. The molecule has 0 radical (unpaired) electrons. The largest absolute Gasteiger partial charge is 0.573 e. The van der Waals surface area contributed by atoms with Crippen LogP contribution in [-0.2, 0) is 16.1 Å². The summed E-state index contributed by atoms with van der Waals surface area (Å²) in [5.41, 5.74) is 3.91. The molecule has 0 aromatic heterocycles. The van der Waals surface area contributed by atoms with Crippen molar-refractivity contribution < 1.29 is 42.6 Å². The molecule has 2 atom stereocenters. The first-order valence-electron chi connectivity index (χ1n) is 11.9. The third-order valence-electron chi connectivity index (χ3n) is 5.61. The predicted octanol–water partition coefficient (Wildman–Crippen LogP) is 2.97. The zero-order valence-corrected chi connectivity index (χ0v) is 21.2. The highest BCUT2D eigenvalue weighted by molar-refractivity contribution is 5.98. The number of alkyl halides is 3. The molecule has 10 nitrogen and oxygen atoms in total. The van der Waals surface area contributed by atoms with Gasteiger partial charge in [-0.15, -0.1) is 13.2 Å². The van der Waals surface area contributed by atoms with E-state index in [4.69, 9.17) is 5.21 Å². The summed E-state index contributed by atoms with van der Waals surface area (Å²) in [4.78, 5) is 36.3. The van der Waals surface area contributed by atoms with E-state index in [1.807, 2.05) is 0 Å². The molecule has 13 heteroatoms. The van der Waals surface area contributed by atoms with Gasteiger partial charge in [-0.1, -0.05) is 42.5 Å². The van der Waals surface area contributed by atoms with E-state index in [1.54, 1.807) is 42.5 Å². The number of anilines is 1. The molecule has 212 valence electrons. The Balaban J connectivity index is 1.53. The lowest BCUT2D eigenvalue weighted by molar-refractivity contribution is -0.274. The third kappa shape index (κ3) is 8.80. The van der Waals surface area contributed by atoms with Crippen LogP contribution < -0.4 is 26.2 Å². The molecule has 0 unspecified atom stereocenters. The fourth-order valence-corrected chi connectivity index (χ4v) is 3.65. The van der Waals surface area contributed by atoms with Crippen molar-refractivity contribution >= 4 is 23.4 Å². The zero-order valence-electron chi connectivity index (χ0n) is 21.2. The van der Waals surface area contributed by atoms with E-state index in [9.17, 15) is 32.7 Å². The van der Waals surface area contributed by atoms with E-state index >= 15 is 0 Å². The molecule has 0 aliphatic heterocycles. The predicted molar refractivity (Wildman–Crippen MR) is 138 cm³/mol. The number of aliphatic hydroxyl groups excluding tert-OH is 1. The Hall–Kier alpha value is -4.46. The van der Waals surface area contributed by atoms with Crippen LogP contribution in [0.5, 0.6) is 5.75 Å². The molecule has 0 aliphatic carbocycles. The number of para-hydroxylation sites is 1. The minimum atomic E-state index is -4.82. The number of benzene rings is 3. The molecule has 0 saturated carbocycles. The van der Waals surface area contributed by atoms with Crippen LogP contribution >= 0.6 is 0 Å². The zero-order chi connectivity index (χ0) is 29.3. The Morgan fingerprint density at radius 1 is 0.925 bits per heavy atom. The van der Waals surface area contributed by atoms with Crippen LogP contribution in [0.2, 0.25) is 0 Å². The summed E-state index contributed by atoms with van der Waals surface area (Å²) < 4.78 is 41.7. The number of hydrogen-bond acceptors (Lipinski definition) is 7. The molecule has 0 aliphatic rings. The first kappa shape index (κ1) is 30.1. The second-order valence-electron chi connectivity index (χ2n) is 8.63. The Morgan fingerprint density at radius 3 is 2.10 bits per heavy atom. The van der Waals surface area contributed by atoms with E-state index in [2.05, 4.69) is 20.7 Å². The highest BCUT2D eigenvalue weighted by atomic mass is 19.4. The molecule has 0 fully saturated rings. The van der Waals surface area contributed by atoms with Crippen LogP contribution in [0, 0.1) is 0 Å². The molecular weight excluding hydrogens is 533 g/mol. The molecule has 0 saturated heterocycles. The first-order valence-corrected chi connectivity index (χ1v) is 11.9. The molecule has 3 aromatic rings. The summed E-state index contributed by atoms with van der Waals surface area (Å²) in [6.07, 6.45) is -6.06. The first-order chi connectivity index (χ1) is 19.0. The number of hydroxylamine groups is 1. The maximum absolute atomic E-state index is 12.6. The van der Waals surface area contributed by atoms with E-state index in [-0.39, 0.29) is 30.0 Å². The van der Waals surface area contributed by atoms with Gasteiger partial charge in [0, 0.05) is 23.4 Å². The molecule has 0 bridgehead atoms. The highest BCUT2D eigenvalue weighted by Gasteiger charge is 2.32. The number of amides is 3. The molecule has 3 rings (SSSR count). The molecule has 0 spiro atoms. The maximum Gasteiger partial charge on any atom is 0.573 e. The van der Waals surface area contributed by atoms with Gasteiger partial charge >= 0.3 is 6.36 Å². The number of carbonyl (C=O) groups excluding carboxylic acids is 3. The van der Waals surface area contributed by atoms with Gasteiger partial charge in [0.25, 0.3) is 11.8 Å². The average molecular weight is 561 g/mol. The number of halogens is 3. The van der Waals surface area contributed by atoms with Gasteiger partial charge in [-0.2, -0.15) is 0 Å². The van der Waals surface area contributed by atoms with Gasteiger partial charge < -0.3 is 25.8 Å². The van der Waals surface area contributed by atoms with Gasteiger partial charge in [0.1, 0.15) is 11.8 Å². The number of aliphatic hydroxyl groups is 1. The Kier molecular flexibility index (Phi) is 10.2. The quantitative estimate of drug-likeness (QED) is 0.156. The smallest absolute Gasteiger partial charge is 0.405 e. The van der Waals surface area contributed by atoms with Crippen LogP contribution in [0.4, 0.5) is 18.9 Å².